The first-order valence-corrected chi connectivity index (χ1v) is 7.09. The molecule has 0 aliphatic carbocycles. The highest BCUT2D eigenvalue weighted by Gasteiger charge is 2.18. The Labute approximate surface area is 117 Å². The molecule has 1 atom stereocenters. The minimum Gasteiger partial charge on any atom is -0.389 e. The highest BCUT2D eigenvalue weighted by molar-refractivity contribution is 4.78. The van der Waals surface area contributed by atoms with Crippen LogP contribution in [-0.4, -0.2) is 63.4 Å². The summed E-state index contributed by atoms with van der Waals surface area (Å²) in [5, 5.41) is 13.0. The zero-order valence-electron chi connectivity index (χ0n) is 12.9. The van der Waals surface area contributed by atoms with Gasteiger partial charge in [-0.2, -0.15) is 0 Å². The predicted molar refractivity (Wildman–Crippen MR) is 76.5 cm³/mol. The van der Waals surface area contributed by atoms with Gasteiger partial charge < -0.3 is 24.6 Å². The van der Waals surface area contributed by atoms with Gasteiger partial charge in [-0.05, 0) is 20.3 Å². The van der Waals surface area contributed by atoms with Crippen LogP contribution >= 0.6 is 0 Å². The summed E-state index contributed by atoms with van der Waals surface area (Å²) in [4.78, 5) is 0. The topological polar surface area (TPSA) is 60.0 Å². The van der Waals surface area contributed by atoms with Crippen LogP contribution in [0.5, 0.6) is 0 Å². The van der Waals surface area contributed by atoms with Crippen LogP contribution in [0.3, 0.4) is 0 Å². The fourth-order valence-electron chi connectivity index (χ4n) is 1.55. The van der Waals surface area contributed by atoms with E-state index in [2.05, 4.69) is 12.2 Å². The number of rotatable bonds is 13. The lowest BCUT2D eigenvalue weighted by Crippen LogP contribution is -2.47. The van der Waals surface area contributed by atoms with Crippen LogP contribution in [0.1, 0.15) is 33.6 Å². The largest absolute Gasteiger partial charge is 0.389 e. The molecule has 0 aromatic carbocycles. The van der Waals surface area contributed by atoms with Crippen molar-refractivity contribution in [2.45, 2.75) is 45.3 Å². The number of hydrogen-bond donors (Lipinski definition) is 2. The Morgan fingerprint density at radius 1 is 1.16 bits per heavy atom. The molecule has 0 saturated carbocycles. The van der Waals surface area contributed by atoms with Crippen molar-refractivity contribution in [2.24, 2.45) is 0 Å². The van der Waals surface area contributed by atoms with Crippen LogP contribution in [0.25, 0.3) is 0 Å². The van der Waals surface area contributed by atoms with E-state index >= 15 is 0 Å². The second-order valence-electron chi connectivity index (χ2n) is 5.39. The third kappa shape index (κ3) is 12.6. The lowest BCUT2D eigenvalue weighted by Gasteiger charge is -2.26. The molecule has 1 unspecified atom stereocenters. The molecule has 0 saturated heterocycles. The molecule has 5 heteroatoms. The number of aliphatic hydroxyl groups is 1. The van der Waals surface area contributed by atoms with Gasteiger partial charge in [-0.3, -0.25) is 0 Å². The van der Waals surface area contributed by atoms with Gasteiger partial charge in [-0.15, -0.1) is 0 Å². The summed E-state index contributed by atoms with van der Waals surface area (Å²) in [7, 11) is 1.67. The highest BCUT2D eigenvalue weighted by Crippen LogP contribution is 2.01. The zero-order chi connectivity index (χ0) is 14.6. The average molecular weight is 277 g/mol. The summed E-state index contributed by atoms with van der Waals surface area (Å²) in [5.41, 5.74) is -0.140. The van der Waals surface area contributed by atoms with Gasteiger partial charge in [0, 0.05) is 25.8 Å². The van der Waals surface area contributed by atoms with Crippen LogP contribution in [-0.2, 0) is 14.2 Å². The van der Waals surface area contributed by atoms with Gasteiger partial charge in [0.15, 0.2) is 0 Å². The van der Waals surface area contributed by atoms with Crippen LogP contribution in [0.4, 0.5) is 0 Å². The lowest BCUT2D eigenvalue weighted by molar-refractivity contribution is 0.000439. The Balaban J connectivity index is 3.41. The highest BCUT2D eigenvalue weighted by atomic mass is 16.5. The summed E-state index contributed by atoms with van der Waals surface area (Å²) in [6.45, 7) is 9.53. The van der Waals surface area contributed by atoms with E-state index in [0.717, 1.165) is 19.4 Å². The number of aliphatic hydroxyl groups excluding tert-OH is 1. The first-order chi connectivity index (χ1) is 9.02. The minimum absolute atomic E-state index is 0.140. The van der Waals surface area contributed by atoms with E-state index in [1.54, 1.807) is 7.11 Å². The van der Waals surface area contributed by atoms with Crippen molar-refractivity contribution < 1.29 is 19.3 Å². The van der Waals surface area contributed by atoms with Gasteiger partial charge in [0.25, 0.3) is 0 Å². The molecule has 0 aromatic heterocycles. The van der Waals surface area contributed by atoms with Crippen LogP contribution in [0.2, 0.25) is 0 Å². The van der Waals surface area contributed by atoms with Crippen LogP contribution in [0, 0.1) is 0 Å². The molecule has 19 heavy (non-hydrogen) atoms. The van der Waals surface area contributed by atoms with Crippen molar-refractivity contribution in [3.05, 3.63) is 0 Å². The minimum atomic E-state index is -0.508. The van der Waals surface area contributed by atoms with Gasteiger partial charge in [0.1, 0.15) is 0 Å². The summed E-state index contributed by atoms with van der Waals surface area (Å²) in [6.07, 6.45) is 1.72. The van der Waals surface area contributed by atoms with Gasteiger partial charge in [-0.1, -0.05) is 13.3 Å². The second kappa shape index (κ2) is 11.6. The Morgan fingerprint density at radius 2 is 1.84 bits per heavy atom. The van der Waals surface area contributed by atoms with E-state index in [-0.39, 0.29) is 5.54 Å². The van der Waals surface area contributed by atoms with E-state index in [0.29, 0.717) is 33.0 Å². The molecular formula is C14H31NO4. The molecule has 0 fully saturated rings. The summed E-state index contributed by atoms with van der Waals surface area (Å²) >= 11 is 0. The number of nitrogens with one attached hydrogen (secondary N) is 1. The third-order valence-electron chi connectivity index (χ3n) is 2.65. The van der Waals surface area contributed by atoms with Crippen molar-refractivity contribution in [3.63, 3.8) is 0 Å². The molecule has 0 spiro atoms. The molecule has 0 aliphatic heterocycles. The molecule has 0 heterocycles. The van der Waals surface area contributed by atoms with Gasteiger partial charge in [-0.25, -0.2) is 0 Å². The van der Waals surface area contributed by atoms with E-state index in [1.165, 1.54) is 0 Å². The molecule has 0 amide bonds. The quantitative estimate of drug-likeness (QED) is 0.495. The molecule has 0 aliphatic rings. The van der Waals surface area contributed by atoms with Crippen LogP contribution in [0.15, 0.2) is 0 Å². The smallest absolute Gasteiger partial charge is 0.0897 e. The number of unbranched alkanes of at least 4 members (excludes halogenated alkanes) is 1. The number of ether oxygens (including phenoxy) is 3. The number of β-amino-alcohol motifs (C(OH)–C–C–N with tert-alkyl or cyclic N) is 1. The normalized spacial score (nSPS) is 13.7. The first-order valence-electron chi connectivity index (χ1n) is 7.09. The SMILES string of the molecule is CCCCOCCOCC(O)CNC(C)(C)COC. The molecule has 0 bridgehead atoms. The predicted octanol–water partition coefficient (Wildman–Crippen LogP) is 1.20. The molecule has 0 radical (unpaired) electrons. The Kier molecular flexibility index (Phi) is 11.5. The molecular weight excluding hydrogens is 246 g/mol. The Morgan fingerprint density at radius 3 is 2.47 bits per heavy atom. The second-order valence-corrected chi connectivity index (χ2v) is 5.39. The van der Waals surface area contributed by atoms with Crippen LogP contribution < -0.4 is 5.32 Å². The fourth-order valence-corrected chi connectivity index (χ4v) is 1.55. The molecule has 2 N–H and O–H groups in total. The van der Waals surface area contributed by atoms with Crippen molar-refractivity contribution >= 4 is 0 Å². The monoisotopic (exact) mass is 277 g/mol. The van der Waals surface area contributed by atoms with Crippen molar-refractivity contribution in [3.8, 4) is 0 Å². The number of methoxy groups -OCH3 is 1. The standard InChI is InChI=1S/C14H31NO4/c1-5-6-7-18-8-9-19-11-13(16)10-15-14(2,3)12-17-4/h13,15-16H,5-12H2,1-4H3. The zero-order valence-corrected chi connectivity index (χ0v) is 12.9. The van der Waals surface area contributed by atoms with Gasteiger partial charge in [0.2, 0.25) is 0 Å². The molecule has 5 nitrogen and oxygen atoms in total. The fraction of sp³-hybridized carbons (Fsp3) is 1.00. The first kappa shape index (κ1) is 18.8. The van der Waals surface area contributed by atoms with Crippen molar-refractivity contribution in [1.82, 2.24) is 5.32 Å². The molecule has 0 rings (SSSR count). The van der Waals surface area contributed by atoms with Crippen molar-refractivity contribution in [1.29, 1.82) is 0 Å². The van der Waals surface area contributed by atoms with Gasteiger partial charge in [0.05, 0.1) is 32.5 Å². The van der Waals surface area contributed by atoms with E-state index in [9.17, 15) is 5.11 Å². The third-order valence-corrected chi connectivity index (χ3v) is 2.65. The summed E-state index contributed by atoms with van der Waals surface area (Å²) < 4.78 is 15.8. The lowest BCUT2D eigenvalue weighted by atomic mass is 10.1. The maximum Gasteiger partial charge on any atom is 0.0897 e. The Hall–Kier alpha value is -0.200. The maximum atomic E-state index is 9.75. The van der Waals surface area contributed by atoms with E-state index < -0.39 is 6.10 Å². The van der Waals surface area contributed by atoms with E-state index in [1.807, 2.05) is 13.8 Å². The summed E-state index contributed by atoms with van der Waals surface area (Å²) in [6, 6.07) is 0. The average Bonchev–Trinajstić information content (AvgIpc) is 2.35. The summed E-state index contributed by atoms with van der Waals surface area (Å²) in [5.74, 6) is 0. The Bertz CT molecular complexity index is 200. The maximum absolute atomic E-state index is 9.75. The van der Waals surface area contributed by atoms with E-state index in [4.69, 9.17) is 14.2 Å². The van der Waals surface area contributed by atoms with Gasteiger partial charge >= 0.3 is 0 Å². The molecule has 0 aromatic rings. The van der Waals surface area contributed by atoms with Crippen molar-refractivity contribution in [2.75, 3.05) is 46.7 Å². The molecule has 116 valence electrons. The number of hydrogen-bond acceptors (Lipinski definition) is 5.